The highest BCUT2D eigenvalue weighted by Crippen LogP contribution is 2.77. The van der Waals surface area contributed by atoms with E-state index in [2.05, 4.69) is 13.0 Å². The summed E-state index contributed by atoms with van der Waals surface area (Å²) < 4.78 is 25.4. The lowest BCUT2D eigenvalue weighted by atomic mass is 9.42. The molecule has 3 aliphatic carbocycles. The van der Waals surface area contributed by atoms with E-state index in [0.717, 1.165) is 23.1 Å². The smallest absolute Gasteiger partial charge is 0.345 e. The average molecular weight is 467 g/mol. The van der Waals surface area contributed by atoms with Gasteiger partial charge in [-0.15, -0.1) is 0 Å². The van der Waals surface area contributed by atoms with Gasteiger partial charge in [-0.3, -0.25) is 4.79 Å². The minimum atomic E-state index is -1.13. The van der Waals surface area contributed by atoms with Crippen molar-refractivity contribution in [2.45, 2.75) is 84.1 Å². The van der Waals surface area contributed by atoms with E-state index in [1.807, 2.05) is 20.8 Å². The highest BCUT2D eigenvalue weighted by atomic mass is 16.7. The minimum Gasteiger partial charge on any atom is -0.478 e. The number of hydrogen-bond donors (Lipinski definition) is 1. The molecular formula is C27H30O7. The van der Waals surface area contributed by atoms with Crippen LogP contribution in [0.5, 0.6) is 5.75 Å². The molecule has 1 aromatic rings. The van der Waals surface area contributed by atoms with Gasteiger partial charge in [-0.25, -0.2) is 4.79 Å². The van der Waals surface area contributed by atoms with E-state index >= 15 is 0 Å². The molecule has 180 valence electrons. The molecular weight excluding hydrogens is 436 g/mol. The van der Waals surface area contributed by atoms with Crippen molar-refractivity contribution in [2.75, 3.05) is 0 Å². The van der Waals surface area contributed by atoms with E-state index in [1.165, 1.54) is 0 Å². The molecule has 7 heteroatoms. The van der Waals surface area contributed by atoms with E-state index in [4.69, 9.17) is 18.6 Å². The summed E-state index contributed by atoms with van der Waals surface area (Å²) in [5.41, 5.74) is 0.429. The molecule has 34 heavy (non-hydrogen) atoms. The molecule has 0 unspecified atom stereocenters. The van der Waals surface area contributed by atoms with Crippen LogP contribution in [-0.2, 0) is 14.3 Å². The molecule has 7 rings (SSSR count). The molecule has 0 radical (unpaired) electrons. The summed E-state index contributed by atoms with van der Waals surface area (Å²) in [7, 11) is 0. The van der Waals surface area contributed by atoms with Gasteiger partial charge in [0.1, 0.15) is 23.2 Å². The average Bonchev–Trinajstić information content (AvgIpc) is 3.30. The van der Waals surface area contributed by atoms with Crippen molar-refractivity contribution in [3.8, 4) is 5.75 Å². The summed E-state index contributed by atoms with van der Waals surface area (Å²) in [4.78, 5) is 25.8. The summed E-state index contributed by atoms with van der Waals surface area (Å²) in [5.74, 6) is 1.16. The Morgan fingerprint density at radius 2 is 1.88 bits per heavy atom. The highest BCUT2D eigenvalue weighted by molar-refractivity contribution is 5.91. The second kappa shape index (κ2) is 6.12. The molecule has 9 atom stereocenters. The number of hydrogen-bond acceptors (Lipinski definition) is 7. The minimum absolute atomic E-state index is 0.0931. The van der Waals surface area contributed by atoms with Gasteiger partial charge in [-0.2, -0.15) is 0 Å². The van der Waals surface area contributed by atoms with E-state index in [1.54, 1.807) is 13.0 Å². The number of fused-ring (bicyclic) bond motifs is 2. The van der Waals surface area contributed by atoms with Crippen molar-refractivity contribution in [1.82, 2.24) is 0 Å². The van der Waals surface area contributed by atoms with Gasteiger partial charge in [-0.05, 0) is 58.1 Å². The Morgan fingerprint density at radius 3 is 2.65 bits per heavy atom. The molecule has 2 saturated heterocycles. The van der Waals surface area contributed by atoms with E-state index < -0.39 is 29.0 Å². The fourth-order valence-corrected chi connectivity index (χ4v) is 8.98. The molecule has 0 bridgehead atoms. The monoisotopic (exact) mass is 466 g/mol. The number of carbonyl (C=O) groups is 1. The largest absolute Gasteiger partial charge is 0.478 e. The number of carbonyl (C=O) groups excluding carboxylic acids is 1. The number of ketones is 1. The van der Waals surface area contributed by atoms with E-state index in [-0.39, 0.29) is 35.2 Å². The lowest BCUT2D eigenvalue weighted by Gasteiger charge is -2.61. The van der Waals surface area contributed by atoms with Crippen LogP contribution in [0.2, 0.25) is 0 Å². The molecule has 2 spiro atoms. The summed E-state index contributed by atoms with van der Waals surface area (Å²) in [6, 6.07) is 0. The number of ether oxygens (including phenoxy) is 3. The van der Waals surface area contributed by atoms with Crippen LogP contribution in [0, 0.1) is 36.5 Å². The maximum absolute atomic E-state index is 13.1. The fraction of sp³-hybridized carbons (Fsp3) is 0.630. The maximum atomic E-state index is 13.1. The summed E-state index contributed by atoms with van der Waals surface area (Å²) in [6.07, 6.45) is 3.23. The molecule has 0 amide bonds. The molecule has 6 aliphatic rings. The molecule has 0 aromatic carbocycles. The Balaban J connectivity index is 1.50. The molecule has 1 saturated carbocycles. The third kappa shape index (κ3) is 1.97. The van der Waals surface area contributed by atoms with Crippen LogP contribution in [0.25, 0.3) is 0 Å². The predicted octanol–water partition coefficient (Wildman–Crippen LogP) is 3.44. The Bertz CT molecular complexity index is 1290. The molecule has 7 nitrogen and oxygen atoms in total. The normalized spacial score (nSPS) is 47.6. The molecule has 4 heterocycles. The zero-order chi connectivity index (χ0) is 23.9. The van der Waals surface area contributed by atoms with Crippen molar-refractivity contribution in [2.24, 2.45) is 22.7 Å². The lowest BCUT2D eigenvalue weighted by Crippen LogP contribution is -2.67. The van der Waals surface area contributed by atoms with Crippen LogP contribution in [0.1, 0.15) is 63.0 Å². The maximum Gasteiger partial charge on any atom is 0.345 e. The first-order chi connectivity index (χ1) is 16.1. The SMILES string of the molecule is CC1=CC(=O)C[C@@H]2O[C@@H]3C=C(C)[C@@]45Oc6c(C)c(C)oc(=O)c6[C@@H]4O[C@H](O)[C@]54CC[C@@H]1[C@@]2(C)[C@@H]34. The van der Waals surface area contributed by atoms with Gasteiger partial charge in [0.25, 0.3) is 0 Å². The van der Waals surface area contributed by atoms with Crippen LogP contribution < -0.4 is 10.4 Å². The van der Waals surface area contributed by atoms with Crippen LogP contribution >= 0.6 is 0 Å². The van der Waals surface area contributed by atoms with Crippen molar-refractivity contribution in [3.63, 3.8) is 0 Å². The predicted molar refractivity (Wildman–Crippen MR) is 120 cm³/mol. The van der Waals surface area contributed by atoms with Gasteiger partial charge < -0.3 is 23.7 Å². The topological polar surface area (TPSA) is 95.2 Å². The van der Waals surface area contributed by atoms with Crippen molar-refractivity contribution >= 4 is 5.78 Å². The molecule has 1 N–H and O–H groups in total. The van der Waals surface area contributed by atoms with Gasteiger partial charge >= 0.3 is 5.63 Å². The van der Waals surface area contributed by atoms with Crippen LogP contribution in [0.15, 0.2) is 32.5 Å². The zero-order valence-corrected chi connectivity index (χ0v) is 20.1. The van der Waals surface area contributed by atoms with Crippen molar-refractivity contribution in [3.05, 3.63) is 50.6 Å². The summed E-state index contributed by atoms with van der Waals surface area (Å²) in [5, 5.41) is 11.7. The molecule has 3 aliphatic heterocycles. The van der Waals surface area contributed by atoms with Gasteiger partial charge in [0.05, 0.1) is 17.6 Å². The number of aliphatic hydroxyl groups is 1. The van der Waals surface area contributed by atoms with Crippen molar-refractivity contribution in [1.29, 1.82) is 0 Å². The van der Waals surface area contributed by atoms with Gasteiger partial charge in [0.2, 0.25) is 0 Å². The first-order valence-corrected chi connectivity index (χ1v) is 12.3. The van der Waals surface area contributed by atoms with Gasteiger partial charge in [0.15, 0.2) is 17.7 Å². The first kappa shape index (κ1) is 21.1. The van der Waals surface area contributed by atoms with Crippen LogP contribution in [-0.4, -0.2) is 35.0 Å². The van der Waals surface area contributed by atoms with Crippen LogP contribution in [0.3, 0.4) is 0 Å². The Labute approximate surface area is 197 Å². The lowest BCUT2D eigenvalue weighted by molar-refractivity contribution is -0.205. The standard InChI is InChI=1S/C27H30O7/c1-11-8-15(28)10-18-25(5)16(11)6-7-26-21(25)17(32-18)9-12(2)27(26)22(33-24(26)30)19-20(34-27)13(3)14(4)31-23(19)29/h8-9,16-18,21-22,24,30H,6-7,10H2,1-5H3/t16-,17+,18-,21+,22-,24-,25+,26+,27+/m0/s1. The molecule has 3 fully saturated rings. The summed E-state index contributed by atoms with van der Waals surface area (Å²) in [6.45, 7) is 9.91. The van der Waals surface area contributed by atoms with E-state index in [0.29, 0.717) is 29.9 Å². The number of aliphatic hydroxyl groups excluding tert-OH is 1. The Kier molecular flexibility index (Phi) is 3.80. The number of allylic oxidation sites excluding steroid dienone is 2. The number of aryl methyl sites for hydroxylation is 1. The van der Waals surface area contributed by atoms with Crippen molar-refractivity contribution < 1.29 is 28.5 Å². The van der Waals surface area contributed by atoms with Gasteiger partial charge in [-0.1, -0.05) is 18.6 Å². The fourth-order valence-electron chi connectivity index (χ4n) is 8.98. The zero-order valence-electron chi connectivity index (χ0n) is 20.1. The van der Waals surface area contributed by atoms with Crippen LogP contribution in [0.4, 0.5) is 0 Å². The quantitative estimate of drug-likeness (QED) is 0.585. The number of rotatable bonds is 0. The Morgan fingerprint density at radius 1 is 1.12 bits per heavy atom. The second-order valence-corrected chi connectivity index (χ2v) is 11.5. The van der Waals surface area contributed by atoms with Gasteiger partial charge in [0, 0.05) is 23.3 Å². The third-order valence-electron chi connectivity index (χ3n) is 10.4. The second-order valence-electron chi connectivity index (χ2n) is 11.5. The highest BCUT2D eigenvalue weighted by Gasteiger charge is 2.83. The molecule has 1 aromatic heterocycles. The van der Waals surface area contributed by atoms with E-state index in [9.17, 15) is 14.7 Å². The first-order valence-electron chi connectivity index (χ1n) is 12.3. The summed E-state index contributed by atoms with van der Waals surface area (Å²) >= 11 is 0. The Hall–Kier alpha value is -2.22. The third-order valence-corrected chi connectivity index (χ3v) is 10.4.